The number of phenols is 2. The second-order valence-corrected chi connectivity index (χ2v) is 6.95. The third kappa shape index (κ3) is 6.40. The summed E-state index contributed by atoms with van der Waals surface area (Å²) >= 11 is 1.70. The largest absolute Gasteiger partial charge is 0.515 e. The molecular formula is C23H26MoN2O2-2. The van der Waals surface area contributed by atoms with Crippen LogP contribution in [0.3, 0.4) is 0 Å². The molecule has 0 aliphatic carbocycles. The Balaban J connectivity index is 0.000000582. The van der Waals surface area contributed by atoms with Crippen molar-refractivity contribution in [2.24, 2.45) is 3.50 Å². The Morgan fingerprint density at radius 1 is 0.786 bits per heavy atom. The third-order valence-corrected chi connectivity index (χ3v) is 3.85. The molecule has 0 bridgehead atoms. The van der Waals surface area contributed by atoms with Crippen LogP contribution in [0.15, 0.2) is 58.1 Å². The monoisotopic (exact) mass is 460 g/mol. The fourth-order valence-electron chi connectivity index (χ4n) is 2.54. The maximum absolute atomic E-state index is 10.2. The summed E-state index contributed by atoms with van der Waals surface area (Å²) in [5, 5.41) is 24.0. The van der Waals surface area contributed by atoms with Gasteiger partial charge < -0.3 is 15.5 Å². The minimum absolute atomic E-state index is 0.268. The first-order chi connectivity index (χ1) is 13.4. The fourth-order valence-corrected chi connectivity index (χ4v) is 2.54. The van der Waals surface area contributed by atoms with Crippen LogP contribution in [0.25, 0.3) is 27.6 Å². The molecule has 28 heavy (non-hydrogen) atoms. The van der Waals surface area contributed by atoms with Crippen LogP contribution in [0, 0.1) is 19.9 Å². The predicted molar refractivity (Wildman–Crippen MR) is 113 cm³/mol. The molecule has 3 aromatic rings. The Morgan fingerprint density at radius 2 is 1.11 bits per heavy atom. The predicted octanol–water partition coefficient (Wildman–Crippen LogP) is 5.82. The van der Waals surface area contributed by atoms with E-state index in [2.05, 4.69) is 14.9 Å². The van der Waals surface area contributed by atoms with Gasteiger partial charge in [-0.3, -0.25) is 0 Å². The Morgan fingerprint density at radius 3 is 1.46 bits per heavy atom. The van der Waals surface area contributed by atoms with Gasteiger partial charge in [0, 0.05) is 0 Å². The van der Waals surface area contributed by atoms with Gasteiger partial charge in [-0.1, -0.05) is 36.4 Å². The van der Waals surface area contributed by atoms with Gasteiger partial charge in [0.25, 0.3) is 0 Å². The van der Waals surface area contributed by atoms with Crippen LogP contribution in [0.2, 0.25) is 0 Å². The van der Waals surface area contributed by atoms with Gasteiger partial charge in [-0.15, -0.1) is 35.4 Å². The van der Waals surface area contributed by atoms with Gasteiger partial charge in [0.1, 0.15) is 0 Å². The summed E-state index contributed by atoms with van der Waals surface area (Å²) in [6.07, 6.45) is 0. The molecule has 0 amide bonds. The molecule has 148 valence electrons. The van der Waals surface area contributed by atoms with Gasteiger partial charge in [-0.25, -0.2) is 0 Å². The molecule has 2 N–H and O–H groups in total. The van der Waals surface area contributed by atoms with Crippen LogP contribution >= 0.6 is 0 Å². The molecule has 0 saturated heterocycles. The smallest absolute Gasteiger partial charge is 0.0930 e. The van der Waals surface area contributed by atoms with E-state index in [4.69, 9.17) is 0 Å². The van der Waals surface area contributed by atoms with Crippen molar-refractivity contribution < 1.29 is 29.8 Å². The van der Waals surface area contributed by atoms with E-state index in [9.17, 15) is 10.2 Å². The van der Waals surface area contributed by atoms with Crippen molar-refractivity contribution in [3.8, 4) is 33.8 Å². The maximum atomic E-state index is 10.2. The number of phenolic OH excluding ortho intramolecular Hbond substituents is 2. The average Bonchev–Trinajstić information content (AvgIpc) is 2.67. The first-order valence-corrected chi connectivity index (χ1v) is 9.60. The van der Waals surface area contributed by atoms with Crippen LogP contribution in [0.4, 0.5) is 0 Å². The van der Waals surface area contributed by atoms with E-state index in [1.165, 1.54) is 0 Å². The molecule has 0 unspecified atom stereocenters. The van der Waals surface area contributed by atoms with Gasteiger partial charge in [0.15, 0.2) is 0 Å². The van der Waals surface area contributed by atoms with Crippen LogP contribution in [0.1, 0.15) is 11.1 Å². The number of para-hydroxylation sites is 2. The molecule has 0 heterocycles. The van der Waals surface area contributed by atoms with Crippen molar-refractivity contribution in [1.82, 2.24) is 0 Å². The SMILES string of the molecule is C[N-]C.C[N]=[Mo].Cc1cccc(-c2[c-]c(-c3cccc(C)c3O)ccc2)c1O. The quantitative estimate of drug-likeness (QED) is 0.376. The van der Waals surface area contributed by atoms with Gasteiger partial charge in [-0.2, -0.15) is 14.1 Å². The molecule has 0 radical (unpaired) electrons. The number of aromatic hydroxyl groups is 2. The van der Waals surface area contributed by atoms with E-state index in [-0.39, 0.29) is 11.5 Å². The number of hydrogen-bond donors (Lipinski definition) is 2. The number of benzene rings is 3. The zero-order valence-electron chi connectivity index (χ0n) is 16.9. The second-order valence-electron chi connectivity index (χ2n) is 6.05. The minimum Gasteiger partial charge on any atom is -0.515 e. The molecule has 5 heteroatoms. The summed E-state index contributed by atoms with van der Waals surface area (Å²) < 4.78 is 3.51. The normalized spacial score (nSPS) is 9.46. The number of aryl methyl sites for hydroxylation is 2. The van der Waals surface area contributed by atoms with E-state index in [0.29, 0.717) is 0 Å². The Labute approximate surface area is 179 Å². The van der Waals surface area contributed by atoms with Gasteiger partial charge in [0.05, 0.1) is 11.5 Å². The molecule has 0 aromatic heterocycles. The first kappa shape index (κ1) is 23.7. The molecule has 3 rings (SSSR count). The molecule has 0 atom stereocenters. The minimum atomic E-state index is 0.268. The third-order valence-electron chi connectivity index (χ3n) is 3.85. The average molecular weight is 458 g/mol. The van der Waals surface area contributed by atoms with E-state index in [1.807, 2.05) is 68.4 Å². The standard InChI is InChI=1S/C20H17O2.C2H6N.CH3N.Mo/c1-13-6-3-10-17(19(13)21)15-8-5-9-16(12-15)18-11-4-7-14(2)20(18)22;1-3-2;1-2;/h3-11,21-22H,1-2H3;1-2H3;1H3;/q2*-1;;. The first-order valence-electron chi connectivity index (χ1n) is 8.70. The van der Waals surface area contributed by atoms with E-state index in [1.54, 1.807) is 40.8 Å². The van der Waals surface area contributed by atoms with Gasteiger partial charge >= 0.3 is 30.2 Å². The maximum Gasteiger partial charge on any atom is 0.0930 e. The van der Waals surface area contributed by atoms with Crippen molar-refractivity contribution in [3.05, 3.63) is 77.1 Å². The zero-order chi connectivity index (χ0) is 21.1. The number of rotatable bonds is 2. The molecule has 4 nitrogen and oxygen atoms in total. The van der Waals surface area contributed by atoms with Crippen molar-refractivity contribution in [3.63, 3.8) is 0 Å². The summed E-state index contributed by atoms with van der Waals surface area (Å²) in [5.74, 6) is 0.536. The van der Waals surface area contributed by atoms with Crippen molar-refractivity contribution in [2.45, 2.75) is 13.8 Å². The summed E-state index contributed by atoms with van der Waals surface area (Å²) in [4.78, 5) is 0. The topological polar surface area (TPSA) is 66.9 Å². The molecular weight excluding hydrogens is 432 g/mol. The second kappa shape index (κ2) is 12.2. The van der Waals surface area contributed by atoms with Crippen LogP contribution in [-0.2, 0) is 19.6 Å². The Bertz CT molecular complexity index is 844. The number of nitrogens with zero attached hydrogens (tertiary/aromatic N) is 2. The van der Waals surface area contributed by atoms with Crippen molar-refractivity contribution in [2.75, 3.05) is 21.1 Å². The molecule has 0 fully saturated rings. The number of hydrogen-bond acceptors (Lipinski definition) is 3. The fraction of sp³-hybridized carbons (Fsp3) is 0.217. The summed E-state index contributed by atoms with van der Waals surface area (Å²) in [6.45, 7) is 3.74. The van der Waals surface area contributed by atoms with Gasteiger partial charge in [-0.05, 0) is 36.1 Å². The van der Waals surface area contributed by atoms with Crippen molar-refractivity contribution >= 4 is 0 Å². The summed E-state index contributed by atoms with van der Waals surface area (Å²) in [6, 6.07) is 20.3. The molecule has 0 saturated carbocycles. The van der Waals surface area contributed by atoms with E-state index < -0.39 is 0 Å². The van der Waals surface area contributed by atoms with E-state index >= 15 is 0 Å². The molecule has 0 aliphatic heterocycles. The van der Waals surface area contributed by atoms with Crippen LogP contribution in [0.5, 0.6) is 11.5 Å². The molecule has 0 spiro atoms. The molecule has 0 aliphatic rings. The van der Waals surface area contributed by atoms with Crippen LogP contribution < -0.4 is 0 Å². The Kier molecular flexibility index (Phi) is 10.4. The molecule has 3 aromatic carbocycles. The summed E-state index contributed by atoms with van der Waals surface area (Å²) in [7, 11) is 5.25. The zero-order valence-corrected chi connectivity index (χ0v) is 18.9. The Hall–Kier alpha value is -2.29. The summed E-state index contributed by atoms with van der Waals surface area (Å²) in [5.41, 5.74) is 4.76. The van der Waals surface area contributed by atoms with Crippen molar-refractivity contribution in [1.29, 1.82) is 0 Å². The van der Waals surface area contributed by atoms with Gasteiger partial charge in [0.2, 0.25) is 0 Å². The van der Waals surface area contributed by atoms with E-state index in [0.717, 1.165) is 33.4 Å². The van der Waals surface area contributed by atoms with Crippen LogP contribution in [-0.4, -0.2) is 31.4 Å².